The lowest BCUT2D eigenvalue weighted by Crippen LogP contribution is -2.40. The molecule has 0 saturated carbocycles. The molecule has 1 aliphatic heterocycles. The number of carbonyl (C=O) groups is 1. The molecule has 1 aromatic carbocycles. The zero-order chi connectivity index (χ0) is 25.8. The molecule has 0 radical (unpaired) electrons. The first-order chi connectivity index (χ1) is 16.4. The summed E-state index contributed by atoms with van der Waals surface area (Å²) in [6.45, 7) is 1.25. The third-order valence-electron chi connectivity index (χ3n) is 6.13. The van der Waals surface area contributed by atoms with E-state index >= 15 is 0 Å². The second-order valence-corrected chi connectivity index (χ2v) is 8.54. The fourth-order valence-corrected chi connectivity index (χ4v) is 4.65. The fraction of sp³-hybridized carbons (Fsp3) is 0.542. The van der Waals surface area contributed by atoms with Crippen LogP contribution in [0.2, 0.25) is 0 Å². The van der Waals surface area contributed by atoms with Gasteiger partial charge in [0.05, 0.1) is 11.1 Å². The van der Waals surface area contributed by atoms with E-state index in [4.69, 9.17) is 9.47 Å². The number of benzene rings is 1. The van der Waals surface area contributed by atoms with E-state index in [-0.39, 0.29) is 45.7 Å². The molecule has 1 aliphatic rings. The van der Waals surface area contributed by atoms with Gasteiger partial charge < -0.3 is 18.9 Å². The van der Waals surface area contributed by atoms with Crippen LogP contribution in [0.5, 0.6) is 0 Å². The fourth-order valence-electron chi connectivity index (χ4n) is 4.65. The number of alkyl halides is 6. The van der Waals surface area contributed by atoms with Gasteiger partial charge in [-0.1, -0.05) is 30.3 Å². The van der Waals surface area contributed by atoms with Gasteiger partial charge in [0, 0.05) is 50.7 Å². The van der Waals surface area contributed by atoms with Crippen LogP contribution in [0.1, 0.15) is 53.3 Å². The maximum atomic E-state index is 14.1. The first kappa shape index (κ1) is 26.9. The molecule has 3 rings (SSSR count). The molecule has 1 aromatic heterocycles. The van der Waals surface area contributed by atoms with Gasteiger partial charge >= 0.3 is 18.4 Å². The standard InChI is InChI=1S/C24H28F6N2O3/c1-16-19(23(25,26)27)20(24(28,29)30)21(32(16)12-7-13-34-2)18-10-6-11-31(14-18)22(33)35-15-17-8-4-3-5-9-17/h3-5,8-9,18H,6-7,10-15H2,1-2H3/t18-/m1/s1. The van der Waals surface area contributed by atoms with E-state index in [0.717, 1.165) is 17.1 Å². The number of piperidine rings is 1. The smallest absolute Gasteiger partial charge is 0.418 e. The Morgan fingerprint density at radius 2 is 1.71 bits per heavy atom. The average Bonchev–Trinajstić information content (AvgIpc) is 3.11. The molecule has 2 heterocycles. The summed E-state index contributed by atoms with van der Waals surface area (Å²) in [6.07, 6.45) is -10.3. The van der Waals surface area contributed by atoms with Crippen molar-refractivity contribution in [3.63, 3.8) is 0 Å². The quantitative estimate of drug-likeness (QED) is 0.323. The third-order valence-corrected chi connectivity index (χ3v) is 6.13. The average molecular weight is 506 g/mol. The first-order valence-electron chi connectivity index (χ1n) is 11.3. The van der Waals surface area contributed by atoms with Crippen molar-refractivity contribution in [2.75, 3.05) is 26.8 Å². The molecule has 2 aromatic rings. The molecule has 35 heavy (non-hydrogen) atoms. The molecule has 0 aliphatic carbocycles. The molecule has 1 fully saturated rings. The number of aromatic nitrogens is 1. The van der Waals surface area contributed by atoms with E-state index in [1.165, 1.54) is 12.0 Å². The Labute approximate surface area is 199 Å². The van der Waals surface area contributed by atoms with Crippen LogP contribution < -0.4 is 0 Å². The number of rotatable bonds is 7. The van der Waals surface area contributed by atoms with E-state index in [2.05, 4.69) is 0 Å². The minimum absolute atomic E-state index is 0.0145. The monoisotopic (exact) mass is 506 g/mol. The molecule has 0 N–H and O–H groups in total. The lowest BCUT2D eigenvalue weighted by Gasteiger charge is -2.33. The first-order valence-corrected chi connectivity index (χ1v) is 11.3. The van der Waals surface area contributed by atoms with Crippen LogP contribution >= 0.6 is 0 Å². The summed E-state index contributed by atoms with van der Waals surface area (Å²) in [4.78, 5) is 13.9. The van der Waals surface area contributed by atoms with Crippen molar-refractivity contribution < 1.29 is 40.6 Å². The Kier molecular flexibility index (Phi) is 8.40. The Morgan fingerprint density at radius 1 is 1.06 bits per heavy atom. The van der Waals surface area contributed by atoms with Crippen molar-refractivity contribution in [2.24, 2.45) is 0 Å². The Bertz CT molecular complexity index is 1000. The number of carbonyl (C=O) groups excluding carboxylic acids is 1. The summed E-state index contributed by atoms with van der Waals surface area (Å²) in [6, 6.07) is 8.87. The number of likely N-dealkylation sites (tertiary alicyclic amines) is 1. The molecule has 1 saturated heterocycles. The van der Waals surface area contributed by atoms with E-state index in [0.29, 0.717) is 6.42 Å². The molecule has 11 heteroatoms. The van der Waals surface area contributed by atoms with Crippen LogP contribution in [0.15, 0.2) is 30.3 Å². The molecule has 194 valence electrons. The van der Waals surface area contributed by atoms with E-state index in [9.17, 15) is 31.1 Å². The molecular weight excluding hydrogens is 478 g/mol. The van der Waals surface area contributed by atoms with Crippen molar-refractivity contribution >= 4 is 6.09 Å². The maximum Gasteiger partial charge on any atom is 0.418 e. The Hall–Kier alpha value is -2.69. The summed E-state index contributed by atoms with van der Waals surface area (Å²) in [5.74, 6) is -0.929. The van der Waals surface area contributed by atoms with Crippen molar-refractivity contribution in [2.45, 2.75) is 57.6 Å². The van der Waals surface area contributed by atoms with Crippen LogP contribution in [-0.2, 0) is 35.0 Å². The van der Waals surface area contributed by atoms with Gasteiger partial charge in [0.25, 0.3) is 0 Å². The highest BCUT2D eigenvalue weighted by Crippen LogP contribution is 2.48. The van der Waals surface area contributed by atoms with E-state index in [1.807, 2.05) is 0 Å². The van der Waals surface area contributed by atoms with E-state index in [1.54, 1.807) is 30.3 Å². The van der Waals surface area contributed by atoms with Gasteiger partial charge in [-0.2, -0.15) is 26.3 Å². The lowest BCUT2D eigenvalue weighted by atomic mass is 9.91. The summed E-state index contributed by atoms with van der Waals surface area (Å²) in [5.41, 5.74) is -3.50. The number of halogens is 6. The normalized spacial score (nSPS) is 17.0. The van der Waals surface area contributed by atoms with Gasteiger partial charge in [-0.25, -0.2) is 4.79 Å². The van der Waals surface area contributed by atoms with Crippen LogP contribution in [0.4, 0.5) is 31.1 Å². The van der Waals surface area contributed by atoms with Gasteiger partial charge in [0.15, 0.2) is 0 Å². The van der Waals surface area contributed by atoms with Gasteiger partial charge in [-0.05, 0) is 31.7 Å². The molecule has 0 unspecified atom stereocenters. The van der Waals surface area contributed by atoms with Gasteiger partial charge in [-0.3, -0.25) is 0 Å². The molecule has 0 spiro atoms. The van der Waals surface area contributed by atoms with Gasteiger partial charge in [-0.15, -0.1) is 0 Å². The number of methoxy groups -OCH3 is 1. The van der Waals surface area contributed by atoms with Crippen molar-refractivity contribution in [1.29, 1.82) is 0 Å². The summed E-state index contributed by atoms with van der Waals surface area (Å²) in [7, 11) is 1.41. The Morgan fingerprint density at radius 3 is 2.31 bits per heavy atom. The predicted octanol–water partition coefficient (Wildman–Crippen LogP) is 6.39. The molecule has 0 bridgehead atoms. The zero-order valence-corrected chi connectivity index (χ0v) is 19.5. The van der Waals surface area contributed by atoms with Gasteiger partial charge in [0.1, 0.15) is 6.61 Å². The summed E-state index contributed by atoms with van der Waals surface area (Å²) >= 11 is 0. The Balaban J connectivity index is 1.94. The minimum atomic E-state index is -5.21. The van der Waals surface area contributed by atoms with Crippen LogP contribution in [0.3, 0.4) is 0 Å². The molecule has 5 nitrogen and oxygen atoms in total. The number of hydrogen-bond donors (Lipinski definition) is 0. The number of amides is 1. The number of ether oxygens (including phenoxy) is 2. The summed E-state index contributed by atoms with van der Waals surface area (Å²) in [5, 5.41) is 0. The van der Waals surface area contributed by atoms with Crippen molar-refractivity contribution in [1.82, 2.24) is 9.47 Å². The second kappa shape index (κ2) is 10.9. The van der Waals surface area contributed by atoms with Crippen LogP contribution in [0, 0.1) is 6.92 Å². The SMILES string of the molecule is COCCCn1c(C)c(C(F)(F)F)c(C(F)(F)F)c1[C@@H]1CCCN(C(=O)OCc2ccccc2)C1. The van der Waals surface area contributed by atoms with Crippen LogP contribution in [0.25, 0.3) is 0 Å². The second-order valence-electron chi connectivity index (χ2n) is 8.54. The number of hydrogen-bond acceptors (Lipinski definition) is 3. The predicted molar refractivity (Wildman–Crippen MR) is 116 cm³/mol. The molecular formula is C24H28F6N2O3. The molecule has 1 amide bonds. The zero-order valence-electron chi connectivity index (χ0n) is 19.5. The van der Waals surface area contributed by atoms with Crippen LogP contribution in [-0.4, -0.2) is 42.4 Å². The van der Waals surface area contributed by atoms with Crippen molar-refractivity contribution in [3.05, 3.63) is 58.4 Å². The topological polar surface area (TPSA) is 43.7 Å². The third kappa shape index (κ3) is 6.31. The lowest BCUT2D eigenvalue weighted by molar-refractivity contribution is -0.162. The highest BCUT2D eigenvalue weighted by molar-refractivity contribution is 5.68. The van der Waals surface area contributed by atoms with Crippen molar-refractivity contribution in [3.8, 4) is 0 Å². The highest BCUT2D eigenvalue weighted by atomic mass is 19.4. The number of nitrogens with zero attached hydrogens (tertiary/aromatic N) is 2. The van der Waals surface area contributed by atoms with E-state index < -0.39 is 46.9 Å². The van der Waals surface area contributed by atoms with Gasteiger partial charge in [0.2, 0.25) is 0 Å². The maximum absolute atomic E-state index is 14.1. The minimum Gasteiger partial charge on any atom is -0.445 e. The molecule has 1 atom stereocenters. The largest absolute Gasteiger partial charge is 0.445 e. The highest BCUT2D eigenvalue weighted by Gasteiger charge is 2.50. The summed E-state index contributed by atoms with van der Waals surface area (Å²) < 4.78 is 95.1.